The van der Waals surface area contributed by atoms with Gasteiger partial charge in [0, 0.05) is 38.4 Å². The van der Waals surface area contributed by atoms with Crippen molar-refractivity contribution in [2.75, 3.05) is 39.2 Å². The van der Waals surface area contributed by atoms with E-state index in [0.29, 0.717) is 45.6 Å². The van der Waals surface area contributed by atoms with Crippen molar-refractivity contribution in [2.24, 2.45) is 0 Å². The van der Waals surface area contributed by atoms with Gasteiger partial charge in [0.05, 0.1) is 30.8 Å². The molecule has 2 fully saturated rings. The van der Waals surface area contributed by atoms with Crippen molar-refractivity contribution in [1.29, 1.82) is 0 Å². The Morgan fingerprint density at radius 2 is 2.03 bits per heavy atom. The van der Waals surface area contributed by atoms with Gasteiger partial charge in [0.25, 0.3) is 0 Å². The number of allylic oxidation sites excluding steroid dienone is 1. The lowest BCUT2D eigenvalue weighted by atomic mass is 9.82. The molecule has 192 valence electrons. The van der Waals surface area contributed by atoms with Crippen LogP contribution in [-0.4, -0.2) is 66.2 Å². The number of fused-ring (bicyclic) bond motifs is 3. The van der Waals surface area contributed by atoms with Crippen LogP contribution < -0.4 is 10.1 Å². The third-order valence-electron chi connectivity index (χ3n) is 7.74. The van der Waals surface area contributed by atoms with E-state index in [-0.39, 0.29) is 18.0 Å². The number of likely N-dealkylation sites (tertiary alicyclic amines) is 1. The Morgan fingerprint density at radius 1 is 1.25 bits per heavy atom. The summed E-state index contributed by atoms with van der Waals surface area (Å²) in [4.78, 5) is 32.5. The molecule has 1 atom stereocenters. The predicted octanol–water partition coefficient (Wildman–Crippen LogP) is 5.23. The molecule has 0 aliphatic carbocycles. The maximum Gasteiger partial charge on any atom is 0.325 e. The first kappa shape index (κ1) is 24.6. The maximum absolute atomic E-state index is 13.8. The van der Waals surface area contributed by atoms with Crippen molar-refractivity contribution in [3.05, 3.63) is 58.1 Å². The highest BCUT2D eigenvalue weighted by Gasteiger charge is 2.55. The number of nitrogens with zero attached hydrogens (tertiary/aromatic N) is 3. The summed E-state index contributed by atoms with van der Waals surface area (Å²) >= 11 is 1.51. The number of methoxy groups -OCH3 is 2. The zero-order chi connectivity index (χ0) is 25.4. The van der Waals surface area contributed by atoms with Gasteiger partial charge in [0.2, 0.25) is 0 Å². The molecule has 2 saturated heterocycles. The van der Waals surface area contributed by atoms with Crippen molar-refractivity contribution in [2.45, 2.75) is 51.3 Å². The van der Waals surface area contributed by atoms with Crippen LogP contribution in [0.25, 0.3) is 0 Å². The number of anilines is 1. The average Bonchev–Trinajstić information content (AvgIpc) is 3.40. The summed E-state index contributed by atoms with van der Waals surface area (Å²) in [6.07, 6.45) is 3.70. The molecule has 5 rings (SSSR count). The molecule has 0 unspecified atom stereocenters. The lowest BCUT2D eigenvalue weighted by Gasteiger charge is -2.44. The minimum atomic E-state index is -0.409. The largest absolute Gasteiger partial charge is 0.497 e. The average molecular weight is 511 g/mol. The monoisotopic (exact) mass is 510 g/mol. The Bertz CT molecular complexity index is 1170. The van der Waals surface area contributed by atoms with Gasteiger partial charge in [0.1, 0.15) is 5.75 Å². The standard InChI is InChI=1S/C27H34N4O4S/c1-5-31-26(33)30-16-19-14-21(35-4)15-20(17-34-3)24(19)18(2)13-22(30)27(31)8-10-29(11-9-27)25(32)28-23-7-6-12-36-23/h6-7,12-15,18H,5,8-11,16-17H2,1-4H3,(H,28,32)/t18-/m0/s1. The highest BCUT2D eigenvalue weighted by molar-refractivity contribution is 7.14. The van der Waals surface area contributed by atoms with E-state index in [9.17, 15) is 9.59 Å². The van der Waals surface area contributed by atoms with Gasteiger partial charge >= 0.3 is 12.1 Å². The fraction of sp³-hybridized carbons (Fsp3) is 0.481. The molecule has 3 aliphatic rings. The van der Waals surface area contributed by atoms with E-state index in [2.05, 4.69) is 18.3 Å². The van der Waals surface area contributed by atoms with E-state index in [0.717, 1.165) is 27.6 Å². The van der Waals surface area contributed by atoms with Crippen molar-refractivity contribution in [3.8, 4) is 5.75 Å². The number of nitrogens with one attached hydrogen (secondary N) is 1. The lowest BCUT2D eigenvalue weighted by molar-refractivity contribution is 0.106. The number of piperidine rings is 1. The summed E-state index contributed by atoms with van der Waals surface area (Å²) in [5.74, 6) is 0.882. The molecule has 0 bridgehead atoms. The summed E-state index contributed by atoms with van der Waals surface area (Å²) in [6, 6.07) is 7.87. The van der Waals surface area contributed by atoms with Gasteiger partial charge in [-0.05, 0) is 66.1 Å². The van der Waals surface area contributed by atoms with Crippen molar-refractivity contribution >= 4 is 28.4 Å². The molecule has 4 amide bonds. The summed E-state index contributed by atoms with van der Waals surface area (Å²) in [6.45, 7) is 7.03. The Morgan fingerprint density at radius 3 is 2.67 bits per heavy atom. The number of benzene rings is 1. The molecule has 8 nitrogen and oxygen atoms in total. The Balaban J connectivity index is 1.46. The van der Waals surface area contributed by atoms with Crippen molar-refractivity contribution in [1.82, 2.24) is 14.7 Å². The molecule has 9 heteroatoms. The highest BCUT2D eigenvalue weighted by atomic mass is 32.1. The van der Waals surface area contributed by atoms with Gasteiger partial charge in [0.15, 0.2) is 0 Å². The number of rotatable bonds is 5. The summed E-state index contributed by atoms with van der Waals surface area (Å²) < 4.78 is 11.1. The molecule has 1 aromatic carbocycles. The molecule has 1 spiro atoms. The van der Waals surface area contributed by atoms with E-state index in [1.54, 1.807) is 14.2 Å². The number of ether oxygens (including phenoxy) is 2. The van der Waals surface area contributed by atoms with Crippen molar-refractivity contribution in [3.63, 3.8) is 0 Å². The Hall–Kier alpha value is -3.04. The Kier molecular flexibility index (Phi) is 6.70. The second kappa shape index (κ2) is 9.78. The quantitative estimate of drug-likeness (QED) is 0.598. The smallest absolute Gasteiger partial charge is 0.325 e. The van der Waals surface area contributed by atoms with E-state index >= 15 is 0 Å². The maximum atomic E-state index is 13.8. The number of carbonyl (C=O) groups excluding carboxylic acids is 2. The van der Waals surface area contributed by atoms with Gasteiger partial charge in [-0.25, -0.2) is 9.59 Å². The molecule has 2 aromatic rings. The summed E-state index contributed by atoms with van der Waals surface area (Å²) in [5.41, 5.74) is 4.05. The number of amides is 4. The summed E-state index contributed by atoms with van der Waals surface area (Å²) in [5, 5.41) is 5.79. The minimum absolute atomic E-state index is 0.0383. The third kappa shape index (κ3) is 4.04. The number of likely N-dealkylation sites (N-methyl/N-ethyl adjacent to an activating group) is 1. The van der Waals surface area contributed by atoms with Gasteiger partial charge in [-0.3, -0.25) is 10.2 Å². The van der Waals surface area contributed by atoms with Crippen LogP contribution in [0.15, 0.2) is 41.4 Å². The van der Waals surface area contributed by atoms with Gasteiger partial charge < -0.3 is 19.3 Å². The van der Waals surface area contributed by atoms with E-state index < -0.39 is 5.54 Å². The molecule has 3 aliphatic heterocycles. The van der Waals surface area contributed by atoms with Crippen LogP contribution in [0.5, 0.6) is 5.75 Å². The lowest BCUT2D eigenvalue weighted by Crippen LogP contribution is -2.55. The van der Waals surface area contributed by atoms with Gasteiger partial charge in [-0.1, -0.05) is 13.0 Å². The molecule has 1 aromatic heterocycles. The van der Waals surface area contributed by atoms with Gasteiger partial charge in [-0.15, -0.1) is 11.3 Å². The normalized spacial score (nSPS) is 20.7. The topological polar surface area (TPSA) is 74.4 Å². The molecule has 4 heterocycles. The Labute approximate surface area is 216 Å². The van der Waals surface area contributed by atoms with Crippen LogP contribution in [0.4, 0.5) is 14.6 Å². The van der Waals surface area contributed by atoms with E-state index in [1.165, 1.54) is 16.9 Å². The number of hydrogen-bond acceptors (Lipinski definition) is 5. The van der Waals surface area contributed by atoms with Crippen LogP contribution in [0, 0.1) is 0 Å². The third-order valence-corrected chi connectivity index (χ3v) is 8.53. The fourth-order valence-electron chi connectivity index (χ4n) is 6.14. The first-order valence-corrected chi connectivity index (χ1v) is 13.4. The second-order valence-corrected chi connectivity index (χ2v) is 10.6. The fourth-order valence-corrected chi connectivity index (χ4v) is 6.75. The molecule has 0 radical (unpaired) electrons. The number of urea groups is 2. The molecular weight excluding hydrogens is 476 g/mol. The molecule has 0 saturated carbocycles. The predicted molar refractivity (Wildman–Crippen MR) is 140 cm³/mol. The van der Waals surface area contributed by atoms with Crippen LogP contribution >= 0.6 is 11.3 Å². The number of carbonyl (C=O) groups is 2. The number of thiophene rings is 1. The first-order chi connectivity index (χ1) is 17.4. The minimum Gasteiger partial charge on any atom is -0.497 e. The SMILES string of the molecule is CCN1C(=O)N2Cc3cc(OC)cc(COC)c3[C@@H](C)C=C2C12CCN(C(=O)Nc1cccs1)CC2. The van der Waals surface area contributed by atoms with E-state index in [4.69, 9.17) is 9.47 Å². The van der Waals surface area contributed by atoms with Crippen LogP contribution in [-0.2, 0) is 17.9 Å². The zero-order valence-corrected chi connectivity index (χ0v) is 22.2. The summed E-state index contributed by atoms with van der Waals surface area (Å²) in [7, 11) is 3.36. The second-order valence-electron chi connectivity index (χ2n) is 9.67. The van der Waals surface area contributed by atoms with Crippen molar-refractivity contribution < 1.29 is 19.1 Å². The highest BCUT2D eigenvalue weighted by Crippen LogP contribution is 2.48. The first-order valence-electron chi connectivity index (χ1n) is 12.5. The molecule has 1 N–H and O–H groups in total. The number of hydrogen-bond donors (Lipinski definition) is 1. The van der Waals surface area contributed by atoms with E-state index in [1.807, 2.05) is 51.3 Å². The molecule has 36 heavy (non-hydrogen) atoms. The zero-order valence-electron chi connectivity index (χ0n) is 21.4. The van der Waals surface area contributed by atoms with Gasteiger partial charge in [-0.2, -0.15) is 0 Å². The van der Waals surface area contributed by atoms with Crippen LogP contribution in [0.1, 0.15) is 49.3 Å². The van der Waals surface area contributed by atoms with Crippen LogP contribution in [0.3, 0.4) is 0 Å². The molecular formula is C27H34N4O4S. The van der Waals surface area contributed by atoms with Crippen LogP contribution in [0.2, 0.25) is 0 Å².